The minimum Gasteiger partial charge on any atom is -0.467 e. The average Bonchev–Trinajstić information content (AvgIpc) is 2.45. The minimum absolute atomic E-state index is 0.322. The van der Waals surface area contributed by atoms with Gasteiger partial charge in [0.1, 0.15) is 0 Å². The van der Waals surface area contributed by atoms with Gasteiger partial charge in [0, 0.05) is 12.6 Å². The molecule has 0 spiro atoms. The van der Waals surface area contributed by atoms with Gasteiger partial charge in [-0.2, -0.15) is 15.0 Å². The highest BCUT2D eigenvalue weighted by Crippen LogP contribution is 2.36. The van der Waals surface area contributed by atoms with E-state index >= 15 is 0 Å². The van der Waals surface area contributed by atoms with Crippen molar-refractivity contribution in [1.29, 1.82) is 0 Å². The molecule has 0 unspecified atom stereocenters. The van der Waals surface area contributed by atoms with Crippen LogP contribution in [0.2, 0.25) is 0 Å². The SMILES string of the molecule is CNc1nc(OC)nc(-c2ccc(C3CCC3)cc2)n1. The predicted molar refractivity (Wildman–Crippen MR) is 78.0 cm³/mol. The molecule has 3 rings (SSSR count). The third-order valence-electron chi connectivity index (χ3n) is 3.77. The topological polar surface area (TPSA) is 59.9 Å². The van der Waals surface area contributed by atoms with Crippen LogP contribution in [0, 0.1) is 0 Å². The van der Waals surface area contributed by atoms with Crippen LogP contribution >= 0.6 is 0 Å². The van der Waals surface area contributed by atoms with Gasteiger partial charge in [0.2, 0.25) is 5.95 Å². The maximum Gasteiger partial charge on any atom is 0.321 e. The summed E-state index contributed by atoms with van der Waals surface area (Å²) in [4.78, 5) is 12.8. The van der Waals surface area contributed by atoms with E-state index in [-0.39, 0.29) is 0 Å². The van der Waals surface area contributed by atoms with Crippen LogP contribution in [0.1, 0.15) is 30.7 Å². The Morgan fingerprint density at radius 2 is 1.85 bits per heavy atom. The molecule has 1 heterocycles. The summed E-state index contributed by atoms with van der Waals surface area (Å²) in [5.74, 6) is 1.88. The number of benzene rings is 1. The molecule has 1 saturated carbocycles. The zero-order valence-corrected chi connectivity index (χ0v) is 11.8. The third-order valence-corrected chi connectivity index (χ3v) is 3.77. The maximum atomic E-state index is 5.11. The molecule has 20 heavy (non-hydrogen) atoms. The van der Waals surface area contributed by atoms with Gasteiger partial charge in [-0.05, 0) is 24.3 Å². The van der Waals surface area contributed by atoms with E-state index in [0.29, 0.717) is 17.8 Å². The predicted octanol–water partition coefficient (Wildman–Crippen LogP) is 2.86. The average molecular weight is 270 g/mol. The van der Waals surface area contributed by atoms with Gasteiger partial charge in [0.05, 0.1) is 7.11 Å². The normalized spacial score (nSPS) is 14.7. The van der Waals surface area contributed by atoms with Crippen molar-refractivity contribution in [1.82, 2.24) is 15.0 Å². The Balaban J connectivity index is 1.91. The number of rotatable bonds is 4. The zero-order valence-electron chi connectivity index (χ0n) is 11.8. The second-order valence-corrected chi connectivity index (χ2v) is 4.97. The van der Waals surface area contributed by atoms with E-state index in [1.165, 1.54) is 24.8 Å². The standard InChI is InChI=1S/C15H18N4O/c1-16-14-17-13(18-15(19-14)20-2)12-8-6-11(7-9-12)10-4-3-5-10/h6-10H,3-5H2,1-2H3,(H,16,17,18,19). The van der Waals surface area contributed by atoms with Gasteiger partial charge in [0.15, 0.2) is 5.82 Å². The molecule has 0 amide bonds. The summed E-state index contributed by atoms with van der Waals surface area (Å²) >= 11 is 0. The fourth-order valence-corrected chi connectivity index (χ4v) is 2.33. The Morgan fingerprint density at radius 1 is 1.10 bits per heavy atom. The monoisotopic (exact) mass is 270 g/mol. The highest BCUT2D eigenvalue weighted by molar-refractivity contribution is 5.57. The molecule has 0 aliphatic heterocycles. The highest BCUT2D eigenvalue weighted by atomic mass is 16.5. The van der Waals surface area contributed by atoms with Gasteiger partial charge in [0.25, 0.3) is 0 Å². The first kappa shape index (κ1) is 12.8. The summed E-state index contributed by atoms with van der Waals surface area (Å²) in [7, 11) is 3.33. The molecule has 2 aromatic rings. The van der Waals surface area contributed by atoms with Crippen molar-refractivity contribution in [2.45, 2.75) is 25.2 Å². The number of anilines is 1. The molecule has 1 aliphatic rings. The fourth-order valence-electron chi connectivity index (χ4n) is 2.33. The van der Waals surface area contributed by atoms with E-state index < -0.39 is 0 Å². The van der Waals surface area contributed by atoms with Crippen LogP contribution in [0.25, 0.3) is 11.4 Å². The van der Waals surface area contributed by atoms with Crippen LogP contribution in [0.15, 0.2) is 24.3 Å². The summed E-state index contributed by atoms with van der Waals surface area (Å²) in [6.45, 7) is 0. The molecule has 0 atom stereocenters. The van der Waals surface area contributed by atoms with Crippen LogP contribution in [0.5, 0.6) is 6.01 Å². The molecule has 0 radical (unpaired) electrons. The largest absolute Gasteiger partial charge is 0.467 e. The van der Waals surface area contributed by atoms with Crippen LogP contribution in [0.3, 0.4) is 0 Å². The van der Waals surface area contributed by atoms with Gasteiger partial charge < -0.3 is 10.1 Å². The third kappa shape index (κ3) is 2.43. The Hall–Kier alpha value is -2.17. The number of ether oxygens (including phenoxy) is 1. The van der Waals surface area contributed by atoms with Crippen LogP contribution in [0.4, 0.5) is 5.95 Å². The van der Waals surface area contributed by atoms with Crippen molar-refractivity contribution in [2.75, 3.05) is 19.5 Å². The van der Waals surface area contributed by atoms with Gasteiger partial charge in [-0.3, -0.25) is 0 Å². The number of methoxy groups -OCH3 is 1. The molecule has 0 saturated heterocycles. The van der Waals surface area contributed by atoms with Gasteiger partial charge in [-0.1, -0.05) is 30.7 Å². The Bertz CT molecular complexity index is 571. The first-order valence-electron chi connectivity index (χ1n) is 6.88. The van der Waals surface area contributed by atoms with Crippen LogP contribution in [-0.2, 0) is 0 Å². The smallest absolute Gasteiger partial charge is 0.321 e. The van der Waals surface area contributed by atoms with Crippen molar-refractivity contribution in [3.8, 4) is 17.4 Å². The van der Waals surface area contributed by atoms with Crippen LogP contribution < -0.4 is 10.1 Å². The summed E-state index contributed by atoms with van der Waals surface area (Å²) < 4.78 is 5.11. The lowest BCUT2D eigenvalue weighted by Crippen LogP contribution is -2.08. The van der Waals surface area contributed by atoms with E-state index in [9.17, 15) is 0 Å². The second-order valence-electron chi connectivity index (χ2n) is 4.97. The zero-order chi connectivity index (χ0) is 13.9. The van der Waals surface area contributed by atoms with Crippen LogP contribution in [-0.4, -0.2) is 29.1 Å². The van der Waals surface area contributed by atoms with Gasteiger partial charge >= 0.3 is 6.01 Å². The molecule has 1 aliphatic carbocycles. The van der Waals surface area contributed by atoms with Gasteiger partial charge in [-0.25, -0.2) is 0 Å². The van der Waals surface area contributed by atoms with Crippen molar-refractivity contribution in [3.63, 3.8) is 0 Å². The van der Waals surface area contributed by atoms with E-state index in [1.807, 2.05) is 0 Å². The van der Waals surface area contributed by atoms with Crippen molar-refractivity contribution in [3.05, 3.63) is 29.8 Å². The first-order valence-corrected chi connectivity index (χ1v) is 6.88. The Morgan fingerprint density at radius 3 is 2.40 bits per heavy atom. The van der Waals surface area contributed by atoms with Crippen molar-refractivity contribution in [2.24, 2.45) is 0 Å². The first-order chi connectivity index (χ1) is 9.80. The molecule has 1 N–H and O–H groups in total. The molecular formula is C15H18N4O. The Labute approximate surface area is 118 Å². The summed E-state index contributed by atoms with van der Waals surface area (Å²) in [6.07, 6.45) is 3.97. The second kappa shape index (κ2) is 5.45. The molecule has 5 heteroatoms. The molecule has 1 fully saturated rings. The lowest BCUT2D eigenvalue weighted by Gasteiger charge is -2.25. The van der Waals surface area contributed by atoms with E-state index in [2.05, 4.69) is 44.5 Å². The van der Waals surface area contributed by atoms with Gasteiger partial charge in [-0.15, -0.1) is 0 Å². The summed E-state index contributed by atoms with van der Waals surface area (Å²) in [5.41, 5.74) is 2.39. The lowest BCUT2D eigenvalue weighted by atomic mass is 9.80. The molecule has 1 aromatic heterocycles. The number of nitrogens with one attached hydrogen (secondary N) is 1. The summed E-state index contributed by atoms with van der Waals surface area (Å²) in [6, 6.07) is 8.81. The molecule has 0 bridgehead atoms. The molecular weight excluding hydrogens is 252 g/mol. The van der Waals surface area contributed by atoms with E-state index in [1.54, 1.807) is 14.2 Å². The van der Waals surface area contributed by atoms with Crippen molar-refractivity contribution >= 4 is 5.95 Å². The van der Waals surface area contributed by atoms with E-state index in [0.717, 1.165) is 11.5 Å². The maximum absolute atomic E-state index is 5.11. The number of hydrogen-bond acceptors (Lipinski definition) is 5. The Kier molecular flexibility index (Phi) is 3.50. The van der Waals surface area contributed by atoms with E-state index in [4.69, 9.17) is 4.74 Å². The number of hydrogen-bond donors (Lipinski definition) is 1. The molecule has 1 aromatic carbocycles. The highest BCUT2D eigenvalue weighted by Gasteiger charge is 2.19. The lowest BCUT2D eigenvalue weighted by molar-refractivity contribution is 0.379. The molecule has 104 valence electrons. The quantitative estimate of drug-likeness (QED) is 0.925. The molecule has 5 nitrogen and oxygen atoms in total. The summed E-state index contributed by atoms with van der Waals surface area (Å²) in [5, 5.41) is 2.92. The fraction of sp³-hybridized carbons (Fsp3) is 0.400. The minimum atomic E-state index is 0.322. The number of aromatic nitrogens is 3. The number of nitrogens with zero attached hydrogens (tertiary/aromatic N) is 3. The van der Waals surface area contributed by atoms with Crippen molar-refractivity contribution < 1.29 is 4.74 Å².